The summed E-state index contributed by atoms with van der Waals surface area (Å²) < 4.78 is 7.65. The van der Waals surface area contributed by atoms with Gasteiger partial charge in [-0.2, -0.15) is 0 Å². The second-order valence-electron chi connectivity index (χ2n) is 3.09. The smallest absolute Gasteiger partial charge is 0.350 e. The molecule has 0 amide bonds. The van der Waals surface area contributed by atoms with Gasteiger partial charge in [0.25, 0.3) is 0 Å². The molecule has 0 bridgehead atoms. The zero-order valence-corrected chi connectivity index (χ0v) is 9.97. The Morgan fingerprint density at radius 2 is 2.31 bits per heavy atom. The molecule has 0 fully saturated rings. The molecule has 0 aromatic carbocycles. The molecule has 0 atom stereocenters. The summed E-state index contributed by atoms with van der Waals surface area (Å²) in [6, 6.07) is 3.45. The lowest BCUT2D eigenvalue weighted by Gasteiger charge is -1.95. The first-order chi connectivity index (χ1) is 7.61. The van der Waals surface area contributed by atoms with Gasteiger partial charge in [0.15, 0.2) is 5.65 Å². The van der Waals surface area contributed by atoms with Gasteiger partial charge in [0.1, 0.15) is 6.54 Å². The number of fused-ring (bicyclic) bond motifs is 1. The van der Waals surface area contributed by atoms with E-state index in [-0.39, 0.29) is 12.2 Å². The lowest BCUT2D eigenvalue weighted by molar-refractivity contribution is -0.141. The molecule has 2 rings (SSSR count). The summed E-state index contributed by atoms with van der Waals surface area (Å²) in [5.74, 6) is -0.510. The third-order valence-corrected chi connectivity index (χ3v) is 2.52. The van der Waals surface area contributed by atoms with Crippen LogP contribution in [0.3, 0.4) is 0 Å². The van der Waals surface area contributed by atoms with E-state index in [0.29, 0.717) is 5.65 Å². The standard InChI is InChI=1S/C9H8BrN3O3/c1-16-8(14)5-13-9(15)12-4-6(10)2-3-7(12)11-13/h2-4H,5H2,1H3. The van der Waals surface area contributed by atoms with Crippen LogP contribution >= 0.6 is 15.9 Å². The van der Waals surface area contributed by atoms with Crippen molar-refractivity contribution in [3.63, 3.8) is 0 Å². The van der Waals surface area contributed by atoms with Gasteiger partial charge in [0.2, 0.25) is 0 Å². The van der Waals surface area contributed by atoms with Gasteiger partial charge in [-0.05, 0) is 28.1 Å². The van der Waals surface area contributed by atoms with Gasteiger partial charge in [-0.3, -0.25) is 4.79 Å². The molecule has 16 heavy (non-hydrogen) atoms. The Morgan fingerprint density at radius 3 is 3.00 bits per heavy atom. The monoisotopic (exact) mass is 285 g/mol. The summed E-state index contributed by atoms with van der Waals surface area (Å²) >= 11 is 3.25. The molecule has 0 aliphatic rings. The summed E-state index contributed by atoms with van der Waals surface area (Å²) in [7, 11) is 1.26. The predicted molar refractivity (Wildman–Crippen MR) is 59.2 cm³/mol. The van der Waals surface area contributed by atoms with Crippen LogP contribution in [-0.4, -0.2) is 27.3 Å². The van der Waals surface area contributed by atoms with E-state index in [1.807, 2.05) is 0 Å². The van der Waals surface area contributed by atoms with Crippen molar-refractivity contribution in [3.8, 4) is 0 Å². The Kier molecular flexibility index (Phi) is 2.78. The Hall–Kier alpha value is -1.63. The van der Waals surface area contributed by atoms with Crippen LogP contribution < -0.4 is 5.69 Å². The summed E-state index contributed by atoms with van der Waals surface area (Å²) in [5, 5.41) is 3.99. The number of aromatic nitrogens is 3. The second-order valence-corrected chi connectivity index (χ2v) is 4.01. The number of pyridine rings is 1. The van der Waals surface area contributed by atoms with E-state index in [1.165, 1.54) is 11.5 Å². The highest BCUT2D eigenvalue weighted by Crippen LogP contribution is 2.08. The SMILES string of the molecule is COC(=O)Cn1nc2ccc(Br)cn2c1=O. The number of hydrogen-bond acceptors (Lipinski definition) is 4. The Labute approximate surface area is 98.6 Å². The first kappa shape index (κ1) is 10.9. The third-order valence-electron chi connectivity index (χ3n) is 2.05. The van der Waals surface area contributed by atoms with Crippen molar-refractivity contribution < 1.29 is 9.53 Å². The molecule has 2 heterocycles. The van der Waals surface area contributed by atoms with Crippen LogP contribution in [0.1, 0.15) is 0 Å². The van der Waals surface area contributed by atoms with Gasteiger partial charge in [0, 0.05) is 10.7 Å². The van der Waals surface area contributed by atoms with Gasteiger partial charge in [0.05, 0.1) is 7.11 Å². The maximum absolute atomic E-state index is 11.8. The van der Waals surface area contributed by atoms with Gasteiger partial charge in [-0.1, -0.05) is 0 Å². The molecule has 6 nitrogen and oxygen atoms in total. The average Bonchev–Trinajstić information content (AvgIpc) is 2.56. The molecule has 0 radical (unpaired) electrons. The van der Waals surface area contributed by atoms with E-state index >= 15 is 0 Å². The summed E-state index contributed by atoms with van der Waals surface area (Å²) in [4.78, 5) is 22.8. The van der Waals surface area contributed by atoms with Crippen molar-refractivity contribution in [1.82, 2.24) is 14.2 Å². The first-order valence-corrected chi connectivity index (χ1v) is 5.22. The normalized spacial score (nSPS) is 10.6. The number of carbonyl (C=O) groups excluding carboxylic acids is 1. The van der Waals surface area contributed by atoms with E-state index in [0.717, 1.165) is 9.15 Å². The fourth-order valence-corrected chi connectivity index (χ4v) is 1.62. The van der Waals surface area contributed by atoms with E-state index in [4.69, 9.17) is 0 Å². The first-order valence-electron chi connectivity index (χ1n) is 4.43. The lowest BCUT2D eigenvalue weighted by Crippen LogP contribution is -2.25. The molecule has 0 saturated heterocycles. The minimum atomic E-state index is -0.510. The van der Waals surface area contributed by atoms with Gasteiger partial charge < -0.3 is 4.74 Å². The van der Waals surface area contributed by atoms with Crippen LogP contribution in [0, 0.1) is 0 Å². The van der Waals surface area contributed by atoms with E-state index in [9.17, 15) is 9.59 Å². The summed E-state index contributed by atoms with van der Waals surface area (Å²) in [5.41, 5.74) is 0.110. The number of halogens is 1. The van der Waals surface area contributed by atoms with E-state index < -0.39 is 5.97 Å². The van der Waals surface area contributed by atoms with Gasteiger partial charge in [-0.15, -0.1) is 5.10 Å². The Balaban J connectivity index is 2.52. The molecule has 0 aliphatic heterocycles. The molecule has 84 valence electrons. The van der Waals surface area contributed by atoms with Crippen LogP contribution in [-0.2, 0) is 16.1 Å². The van der Waals surface area contributed by atoms with E-state index in [2.05, 4.69) is 25.8 Å². The van der Waals surface area contributed by atoms with Crippen LogP contribution in [0.4, 0.5) is 0 Å². The molecule has 0 saturated carbocycles. The molecule has 0 aliphatic carbocycles. The number of ether oxygens (including phenoxy) is 1. The highest BCUT2D eigenvalue weighted by Gasteiger charge is 2.10. The zero-order valence-electron chi connectivity index (χ0n) is 8.38. The minimum absolute atomic E-state index is 0.186. The number of esters is 1. The molecular weight excluding hydrogens is 278 g/mol. The highest BCUT2D eigenvalue weighted by molar-refractivity contribution is 9.10. The predicted octanol–water partition coefficient (Wildman–Crippen LogP) is 0.431. The topological polar surface area (TPSA) is 65.6 Å². The quantitative estimate of drug-likeness (QED) is 0.751. The maximum Gasteiger partial charge on any atom is 0.350 e. The fourth-order valence-electron chi connectivity index (χ4n) is 1.28. The van der Waals surface area contributed by atoms with Crippen molar-refractivity contribution >= 4 is 27.5 Å². The van der Waals surface area contributed by atoms with Crippen LogP contribution in [0.25, 0.3) is 5.65 Å². The van der Waals surface area contributed by atoms with Crippen LogP contribution in [0.5, 0.6) is 0 Å². The zero-order chi connectivity index (χ0) is 11.7. The molecule has 0 spiro atoms. The van der Waals surface area contributed by atoms with Crippen LogP contribution in [0.15, 0.2) is 27.6 Å². The molecule has 2 aromatic heterocycles. The molecule has 0 N–H and O–H groups in total. The van der Waals surface area contributed by atoms with Crippen molar-refractivity contribution in [3.05, 3.63) is 33.3 Å². The van der Waals surface area contributed by atoms with Gasteiger partial charge >= 0.3 is 11.7 Å². The molecule has 2 aromatic rings. The molecular formula is C9H8BrN3O3. The molecule has 0 unspecified atom stereocenters. The lowest BCUT2D eigenvalue weighted by atomic mass is 10.5. The highest BCUT2D eigenvalue weighted by atomic mass is 79.9. The van der Waals surface area contributed by atoms with Crippen molar-refractivity contribution in [2.45, 2.75) is 6.54 Å². The number of hydrogen-bond donors (Lipinski definition) is 0. The van der Waals surface area contributed by atoms with E-state index in [1.54, 1.807) is 18.3 Å². The molecule has 7 heteroatoms. The Bertz CT molecular complexity index is 602. The van der Waals surface area contributed by atoms with Crippen LogP contribution in [0.2, 0.25) is 0 Å². The van der Waals surface area contributed by atoms with Crippen molar-refractivity contribution in [1.29, 1.82) is 0 Å². The Morgan fingerprint density at radius 1 is 1.56 bits per heavy atom. The van der Waals surface area contributed by atoms with Gasteiger partial charge in [-0.25, -0.2) is 13.9 Å². The van der Waals surface area contributed by atoms with Crippen molar-refractivity contribution in [2.24, 2.45) is 0 Å². The van der Waals surface area contributed by atoms with Crippen molar-refractivity contribution in [2.75, 3.05) is 7.11 Å². The fraction of sp³-hybridized carbons (Fsp3) is 0.222. The number of nitrogens with zero attached hydrogens (tertiary/aromatic N) is 3. The number of methoxy groups -OCH3 is 1. The largest absolute Gasteiger partial charge is 0.468 e. The average molecular weight is 286 g/mol. The number of rotatable bonds is 2. The maximum atomic E-state index is 11.8. The third kappa shape index (κ3) is 1.85. The summed E-state index contributed by atoms with van der Waals surface area (Å²) in [6.45, 7) is -0.186. The second kappa shape index (κ2) is 4.09. The summed E-state index contributed by atoms with van der Waals surface area (Å²) in [6.07, 6.45) is 1.60. The minimum Gasteiger partial charge on any atom is -0.468 e. The number of carbonyl (C=O) groups is 1.